The molecule has 6 nitrogen and oxygen atoms in total. The van der Waals surface area contributed by atoms with Crippen LogP contribution in [0.4, 0.5) is 5.88 Å². The Morgan fingerprint density at radius 3 is 3.00 bits per heavy atom. The number of ether oxygens (including phenoxy) is 1. The van der Waals surface area contributed by atoms with E-state index in [1.807, 2.05) is 17.5 Å². The van der Waals surface area contributed by atoms with Crippen molar-refractivity contribution in [2.24, 2.45) is 0 Å². The lowest BCUT2D eigenvalue weighted by Gasteiger charge is -2.23. The Balaban J connectivity index is 1.61. The molecular weight excluding hydrogens is 288 g/mol. The molecule has 7 heteroatoms. The molecule has 0 aromatic carbocycles. The number of oxazole rings is 1. The fourth-order valence-corrected chi connectivity index (χ4v) is 2.93. The number of hydrogen-bond donors (Lipinski definition) is 2. The summed E-state index contributed by atoms with van der Waals surface area (Å²) in [6.45, 7) is 5.44. The number of rotatable bonds is 5. The summed E-state index contributed by atoms with van der Waals surface area (Å²) >= 11 is 1.54. The number of thiophene rings is 1. The molecular formula is C14H17N4O2S+. The van der Waals surface area contributed by atoms with Crippen LogP contribution in [0.15, 0.2) is 21.9 Å². The zero-order chi connectivity index (χ0) is 14.5. The molecule has 21 heavy (non-hydrogen) atoms. The molecule has 0 aliphatic carbocycles. The van der Waals surface area contributed by atoms with Crippen LogP contribution >= 0.6 is 11.3 Å². The van der Waals surface area contributed by atoms with Gasteiger partial charge < -0.3 is 19.4 Å². The van der Waals surface area contributed by atoms with Crippen molar-refractivity contribution in [2.45, 2.75) is 0 Å². The van der Waals surface area contributed by atoms with Gasteiger partial charge in [0.15, 0.2) is 0 Å². The van der Waals surface area contributed by atoms with E-state index in [1.165, 1.54) is 4.90 Å². The minimum Gasteiger partial charge on any atom is -0.418 e. The van der Waals surface area contributed by atoms with Crippen molar-refractivity contribution >= 4 is 17.2 Å². The highest BCUT2D eigenvalue weighted by Crippen LogP contribution is 2.28. The van der Waals surface area contributed by atoms with Crippen molar-refractivity contribution in [3.05, 3.63) is 23.2 Å². The van der Waals surface area contributed by atoms with Crippen LogP contribution < -0.4 is 10.2 Å². The van der Waals surface area contributed by atoms with Gasteiger partial charge >= 0.3 is 0 Å². The average molecular weight is 305 g/mol. The Morgan fingerprint density at radius 2 is 2.29 bits per heavy atom. The molecule has 2 N–H and O–H groups in total. The average Bonchev–Trinajstić information content (AvgIpc) is 3.17. The molecule has 0 unspecified atom stereocenters. The van der Waals surface area contributed by atoms with Crippen molar-refractivity contribution < 1.29 is 14.1 Å². The number of anilines is 1. The fraction of sp³-hybridized carbons (Fsp3) is 0.429. The highest BCUT2D eigenvalue weighted by atomic mass is 32.1. The van der Waals surface area contributed by atoms with Gasteiger partial charge in [-0.05, 0) is 11.4 Å². The Hall–Kier alpha value is -1.88. The Kier molecular flexibility index (Phi) is 4.50. The van der Waals surface area contributed by atoms with Crippen molar-refractivity contribution in [3.63, 3.8) is 0 Å². The molecule has 1 aliphatic heterocycles. The van der Waals surface area contributed by atoms with Crippen molar-refractivity contribution in [1.29, 1.82) is 5.26 Å². The van der Waals surface area contributed by atoms with Gasteiger partial charge in [-0.15, -0.1) is 11.3 Å². The van der Waals surface area contributed by atoms with E-state index in [-0.39, 0.29) is 0 Å². The summed E-state index contributed by atoms with van der Waals surface area (Å²) in [5.41, 5.74) is 0.315. The Bertz CT molecular complexity index is 611. The highest BCUT2D eigenvalue weighted by molar-refractivity contribution is 7.13. The van der Waals surface area contributed by atoms with E-state index < -0.39 is 0 Å². The first-order valence-electron chi connectivity index (χ1n) is 6.97. The zero-order valence-electron chi connectivity index (χ0n) is 11.6. The van der Waals surface area contributed by atoms with Crippen LogP contribution in [0, 0.1) is 11.3 Å². The first kappa shape index (κ1) is 14.1. The lowest BCUT2D eigenvalue weighted by atomic mass is 10.4. The van der Waals surface area contributed by atoms with Gasteiger partial charge in [-0.2, -0.15) is 10.2 Å². The highest BCUT2D eigenvalue weighted by Gasteiger charge is 2.17. The number of nitriles is 1. The summed E-state index contributed by atoms with van der Waals surface area (Å²) in [5.74, 6) is 0.969. The third kappa shape index (κ3) is 3.42. The predicted octanol–water partition coefficient (Wildman–Crippen LogP) is 0.602. The van der Waals surface area contributed by atoms with Gasteiger partial charge in [0.05, 0.1) is 31.2 Å². The molecule has 3 heterocycles. The van der Waals surface area contributed by atoms with Crippen LogP contribution in [0.5, 0.6) is 0 Å². The molecule has 0 atom stereocenters. The molecule has 0 saturated carbocycles. The number of aromatic nitrogens is 1. The number of quaternary nitrogens is 1. The minimum atomic E-state index is 0.315. The third-order valence-corrected chi connectivity index (χ3v) is 4.29. The number of nitrogens with zero attached hydrogens (tertiary/aromatic N) is 2. The van der Waals surface area contributed by atoms with E-state index in [4.69, 9.17) is 14.4 Å². The van der Waals surface area contributed by atoms with Crippen LogP contribution in [0.1, 0.15) is 5.69 Å². The van der Waals surface area contributed by atoms with Gasteiger partial charge in [0.1, 0.15) is 19.2 Å². The van der Waals surface area contributed by atoms with E-state index in [9.17, 15) is 0 Å². The summed E-state index contributed by atoms with van der Waals surface area (Å²) in [4.78, 5) is 6.66. The first-order valence-corrected chi connectivity index (χ1v) is 7.85. The molecule has 1 saturated heterocycles. The van der Waals surface area contributed by atoms with Crippen LogP contribution in [-0.2, 0) is 4.74 Å². The van der Waals surface area contributed by atoms with Crippen molar-refractivity contribution in [1.82, 2.24) is 4.98 Å². The van der Waals surface area contributed by atoms with Gasteiger partial charge in [-0.25, -0.2) is 0 Å². The SMILES string of the molecule is N#Cc1nc(-c2cccs2)oc1NCC[NH+]1CCOCC1. The smallest absolute Gasteiger partial charge is 0.240 e. The standard InChI is InChI=1S/C14H16N4O2S/c15-10-11-13(16-3-4-18-5-7-19-8-6-18)20-14(17-11)12-2-1-9-21-12/h1-2,9,16H,3-8H2/p+1. The van der Waals surface area contributed by atoms with Crippen LogP contribution in [0.25, 0.3) is 10.8 Å². The largest absolute Gasteiger partial charge is 0.418 e. The second kappa shape index (κ2) is 6.72. The number of morpholine rings is 1. The fourth-order valence-electron chi connectivity index (χ4n) is 2.28. The van der Waals surface area contributed by atoms with Crippen molar-refractivity contribution in [2.75, 3.05) is 44.7 Å². The third-order valence-electron chi connectivity index (χ3n) is 3.43. The van der Waals surface area contributed by atoms with Gasteiger partial charge in [0, 0.05) is 0 Å². The van der Waals surface area contributed by atoms with Crippen LogP contribution in [0.2, 0.25) is 0 Å². The topological polar surface area (TPSA) is 75.5 Å². The monoisotopic (exact) mass is 305 g/mol. The van der Waals surface area contributed by atoms with Crippen LogP contribution in [-0.4, -0.2) is 44.4 Å². The van der Waals surface area contributed by atoms with Gasteiger partial charge in [-0.3, -0.25) is 0 Å². The summed E-state index contributed by atoms with van der Waals surface area (Å²) in [6.07, 6.45) is 0. The van der Waals surface area contributed by atoms with E-state index in [1.54, 1.807) is 11.3 Å². The maximum Gasteiger partial charge on any atom is 0.240 e. The van der Waals surface area contributed by atoms with E-state index in [2.05, 4.69) is 16.4 Å². The van der Waals surface area contributed by atoms with E-state index in [0.29, 0.717) is 17.5 Å². The second-order valence-electron chi connectivity index (χ2n) is 4.83. The maximum absolute atomic E-state index is 9.15. The molecule has 0 bridgehead atoms. The van der Waals surface area contributed by atoms with Gasteiger partial charge in [0.2, 0.25) is 17.5 Å². The molecule has 2 aromatic rings. The minimum absolute atomic E-state index is 0.315. The zero-order valence-corrected chi connectivity index (χ0v) is 12.4. The predicted molar refractivity (Wildman–Crippen MR) is 79.4 cm³/mol. The maximum atomic E-state index is 9.15. The molecule has 3 rings (SSSR count). The summed E-state index contributed by atoms with van der Waals surface area (Å²) in [5, 5.41) is 14.3. The number of hydrogen-bond acceptors (Lipinski definition) is 6. The lowest BCUT2D eigenvalue weighted by Crippen LogP contribution is -3.14. The summed E-state index contributed by atoms with van der Waals surface area (Å²) in [6, 6.07) is 5.94. The van der Waals surface area contributed by atoms with E-state index in [0.717, 1.165) is 44.3 Å². The van der Waals surface area contributed by atoms with Crippen LogP contribution in [0.3, 0.4) is 0 Å². The Morgan fingerprint density at radius 1 is 1.43 bits per heavy atom. The van der Waals surface area contributed by atoms with Gasteiger partial charge in [0.25, 0.3) is 0 Å². The van der Waals surface area contributed by atoms with E-state index >= 15 is 0 Å². The van der Waals surface area contributed by atoms with Crippen molar-refractivity contribution in [3.8, 4) is 16.8 Å². The molecule has 0 radical (unpaired) electrons. The van der Waals surface area contributed by atoms with Gasteiger partial charge in [-0.1, -0.05) is 6.07 Å². The molecule has 1 aliphatic rings. The normalized spacial score (nSPS) is 15.8. The molecule has 0 spiro atoms. The first-order chi connectivity index (χ1) is 10.4. The second-order valence-corrected chi connectivity index (χ2v) is 5.77. The molecule has 110 valence electrons. The Labute approximate surface area is 127 Å². The molecule has 0 amide bonds. The summed E-state index contributed by atoms with van der Waals surface area (Å²) in [7, 11) is 0. The molecule has 2 aromatic heterocycles. The number of nitrogens with one attached hydrogen (secondary N) is 2. The summed E-state index contributed by atoms with van der Waals surface area (Å²) < 4.78 is 11.0. The quantitative estimate of drug-likeness (QED) is 0.846. The lowest BCUT2D eigenvalue weighted by molar-refractivity contribution is -0.906. The molecule has 1 fully saturated rings.